The quantitative estimate of drug-likeness (QED) is 0.771. The Kier molecular flexibility index (Phi) is 3.94. The molecule has 0 fully saturated rings. The Hall–Kier alpha value is -1.85. The summed E-state index contributed by atoms with van der Waals surface area (Å²) in [5, 5.41) is 5.02. The number of aryl methyl sites for hydroxylation is 1. The summed E-state index contributed by atoms with van der Waals surface area (Å²) in [7, 11) is 1.95. The predicted octanol–water partition coefficient (Wildman–Crippen LogP) is 3.70. The molecule has 0 saturated heterocycles. The van der Waals surface area contributed by atoms with Gasteiger partial charge >= 0.3 is 0 Å². The van der Waals surface area contributed by atoms with Crippen molar-refractivity contribution >= 4 is 22.8 Å². The predicted molar refractivity (Wildman–Crippen MR) is 86.7 cm³/mol. The average Bonchev–Trinajstić information content (AvgIpc) is 2.88. The van der Waals surface area contributed by atoms with E-state index in [9.17, 15) is 0 Å². The van der Waals surface area contributed by atoms with Crippen molar-refractivity contribution in [3.63, 3.8) is 0 Å². The van der Waals surface area contributed by atoms with Crippen LogP contribution in [0.5, 0.6) is 0 Å². The van der Waals surface area contributed by atoms with Crippen molar-refractivity contribution in [1.82, 2.24) is 20.3 Å². The van der Waals surface area contributed by atoms with Gasteiger partial charge in [-0.1, -0.05) is 12.1 Å². The molecule has 0 aliphatic rings. The summed E-state index contributed by atoms with van der Waals surface area (Å²) < 4.78 is 0. The number of aromatic nitrogens is 3. The van der Waals surface area contributed by atoms with Crippen LogP contribution in [0, 0.1) is 6.92 Å². The van der Waals surface area contributed by atoms with E-state index in [0.29, 0.717) is 6.04 Å². The molecule has 3 rings (SSSR count). The molecule has 0 aliphatic heterocycles. The molecule has 0 amide bonds. The molecular formula is C16H18N4S. The van der Waals surface area contributed by atoms with E-state index in [1.165, 1.54) is 11.1 Å². The van der Waals surface area contributed by atoms with Crippen LogP contribution in [-0.4, -0.2) is 22.0 Å². The highest BCUT2D eigenvalue weighted by atomic mass is 32.2. The van der Waals surface area contributed by atoms with Crippen molar-refractivity contribution in [2.24, 2.45) is 0 Å². The van der Waals surface area contributed by atoms with Gasteiger partial charge in [0, 0.05) is 12.2 Å². The fourth-order valence-electron chi connectivity index (χ4n) is 2.12. The van der Waals surface area contributed by atoms with Gasteiger partial charge in [-0.05, 0) is 62.0 Å². The lowest BCUT2D eigenvalue weighted by Gasteiger charge is -2.09. The fraction of sp³-hybridized carbons (Fsp3) is 0.250. The van der Waals surface area contributed by atoms with E-state index >= 15 is 0 Å². The Morgan fingerprint density at radius 3 is 2.81 bits per heavy atom. The lowest BCUT2D eigenvalue weighted by Crippen LogP contribution is -2.12. The van der Waals surface area contributed by atoms with Gasteiger partial charge in [0.25, 0.3) is 0 Å². The first-order valence-electron chi connectivity index (χ1n) is 6.93. The Labute approximate surface area is 128 Å². The Morgan fingerprint density at radius 2 is 2.10 bits per heavy atom. The third-order valence-electron chi connectivity index (χ3n) is 3.51. The first-order valence-corrected chi connectivity index (χ1v) is 7.75. The SMILES string of the molecule is CNC(C)c1ccc(Sc2nc3ccc(C)cc3[nH]2)nc1. The molecule has 21 heavy (non-hydrogen) atoms. The van der Waals surface area contributed by atoms with E-state index in [1.807, 2.05) is 25.4 Å². The van der Waals surface area contributed by atoms with Gasteiger partial charge in [0.2, 0.25) is 0 Å². The van der Waals surface area contributed by atoms with Crippen molar-refractivity contribution < 1.29 is 0 Å². The van der Waals surface area contributed by atoms with Crippen molar-refractivity contribution in [3.8, 4) is 0 Å². The minimum atomic E-state index is 0.311. The Morgan fingerprint density at radius 1 is 1.24 bits per heavy atom. The molecule has 0 saturated carbocycles. The Balaban J connectivity index is 1.81. The van der Waals surface area contributed by atoms with Crippen LogP contribution in [0.1, 0.15) is 24.1 Å². The highest BCUT2D eigenvalue weighted by Gasteiger charge is 2.07. The van der Waals surface area contributed by atoms with Crippen molar-refractivity contribution in [3.05, 3.63) is 47.7 Å². The van der Waals surface area contributed by atoms with Gasteiger partial charge in [0.15, 0.2) is 5.16 Å². The molecule has 0 aliphatic carbocycles. The van der Waals surface area contributed by atoms with Gasteiger partial charge in [-0.2, -0.15) is 0 Å². The molecule has 5 heteroatoms. The average molecular weight is 298 g/mol. The first kappa shape index (κ1) is 14.1. The molecule has 1 unspecified atom stereocenters. The van der Waals surface area contributed by atoms with Gasteiger partial charge in [-0.25, -0.2) is 9.97 Å². The molecule has 2 N–H and O–H groups in total. The van der Waals surface area contributed by atoms with Crippen LogP contribution < -0.4 is 5.32 Å². The van der Waals surface area contributed by atoms with E-state index in [0.717, 1.165) is 21.2 Å². The zero-order chi connectivity index (χ0) is 14.8. The summed E-state index contributed by atoms with van der Waals surface area (Å²) in [5.41, 5.74) is 4.47. The minimum Gasteiger partial charge on any atom is -0.333 e. The highest BCUT2D eigenvalue weighted by molar-refractivity contribution is 7.99. The van der Waals surface area contributed by atoms with Gasteiger partial charge in [0.05, 0.1) is 11.0 Å². The molecular weight excluding hydrogens is 280 g/mol. The molecule has 1 aromatic carbocycles. The number of rotatable bonds is 4. The van der Waals surface area contributed by atoms with Crippen LogP contribution in [0.3, 0.4) is 0 Å². The maximum atomic E-state index is 4.58. The molecule has 0 bridgehead atoms. The first-order chi connectivity index (χ1) is 10.2. The largest absolute Gasteiger partial charge is 0.333 e. The molecule has 3 aromatic rings. The maximum absolute atomic E-state index is 4.58. The lowest BCUT2D eigenvalue weighted by atomic mass is 10.1. The summed E-state index contributed by atoms with van der Waals surface area (Å²) in [6, 6.07) is 10.7. The van der Waals surface area contributed by atoms with Gasteiger partial charge < -0.3 is 10.3 Å². The number of H-pyrrole nitrogens is 1. The van der Waals surface area contributed by atoms with Crippen molar-refractivity contribution in [2.45, 2.75) is 30.1 Å². The summed E-state index contributed by atoms with van der Waals surface area (Å²) in [6.07, 6.45) is 1.91. The van der Waals surface area contributed by atoms with Crippen LogP contribution in [0.15, 0.2) is 46.7 Å². The Bertz CT molecular complexity index is 749. The van der Waals surface area contributed by atoms with E-state index in [4.69, 9.17) is 0 Å². The van der Waals surface area contributed by atoms with Gasteiger partial charge in [-0.3, -0.25) is 0 Å². The zero-order valence-corrected chi connectivity index (χ0v) is 13.2. The smallest absolute Gasteiger partial charge is 0.172 e. The van der Waals surface area contributed by atoms with Crippen molar-refractivity contribution in [2.75, 3.05) is 7.05 Å². The second-order valence-electron chi connectivity index (χ2n) is 5.10. The van der Waals surface area contributed by atoms with Crippen LogP contribution in [0.2, 0.25) is 0 Å². The molecule has 4 nitrogen and oxygen atoms in total. The zero-order valence-electron chi connectivity index (χ0n) is 12.3. The number of hydrogen-bond donors (Lipinski definition) is 2. The highest BCUT2D eigenvalue weighted by Crippen LogP contribution is 2.26. The minimum absolute atomic E-state index is 0.311. The van der Waals surface area contributed by atoms with Crippen LogP contribution in [-0.2, 0) is 0 Å². The lowest BCUT2D eigenvalue weighted by molar-refractivity contribution is 0.648. The second kappa shape index (κ2) is 5.87. The molecule has 0 radical (unpaired) electrons. The molecule has 0 spiro atoms. The standard InChI is InChI=1S/C16H18N4S/c1-10-4-6-13-14(8-10)20-16(19-13)21-15-7-5-12(9-18-15)11(2)17-3/h4-9,11,17H,1-3H3,(H,19,20). The molecule has 108 valence electrons. The third kappa shape index (κ3) is 3.09. The van der Waals surface area contributed by atoms with Crippen LogP contribution >= 0.6 is 11.8 Å². The number of aromatic amines is 1. The normalized spacial score (nSPS) is 12.7. The fourth-order valence-corrected chi connectivity index (χ4v) is 2.87. The number of fused-ring (bicyclic) bond motifs is 1. The topological polar surface area (TPSA) is 53.6 Å². The van der Waals surface area contributed by atoms with Crippen LogP contribution in [0.4, 0.5) is 0 Å². The van der Waals surface area contributed by atoms with E-state index < -0.39 is 0 Å². The number of pyridine rings is 1. The summed E-state index contributed by atoms with van der Waals surface area (Å²) >= 11 is 1.55. The summed E-state index contributed by atoms with van der Waals surface area (Å²) in [4.78, 5) is 12.4. The van der Waals surface area contributed by atoms with E-state index in [2.05, 4.69) is 52.3 Å². The third-order valence-corrected chi connectivity index (χ3v) is 4.35. The number of imidazole rings is 1. The summed E-state index contributed by atoms with van der Waals surface area (Å²) in [6.45, 7) is 4.20. The number of nitrogens with zero attached hydrogens (tertiary/aromatic N) is 2. The van der Waals surface area contributed by atoms with E-state index in [-0.39, 0.29) is 0 Å². The van der Waals surface area contributed by atoms with Crippen LogP contribution in [0.25, 0.3) is 11.0 Å². The van der Waals surface area contributed by atoms with Gasteiger partial charge in [-0.15, -0.1) is 0 Å². The van der Waals surface area contributed by atoms with E-state index in [1.54, 1.807) is 11.8 Å². The molecule has 2 aromatic heterocycles. The number of benzene rings is 1. The monoisotopic (exact) mass is 298 g/mol. The molecule has 1 atom stereocenters. The van der Waals surface area contributed by atoms with Crippen molar-refractivity contribution in [1.29, 1.82) is 0 Å². The maximum Gasteiger partial charge on any atom is 0.172 e. The number of nitrogens with one attached hydrogen (secondary N) is 2. The second-order valence-corrected chi connectivity index (χ2v) is 6.11. The molecule has 2 heterocycles. The number of hydrogen-bond acceptors (Lipinski definition) is 4. The van der Waals surface area contributed by atoms with Gasteiger partial charge in [0.1, 0.15) is 5.03 Å². The summed E-state index contributed by atoms with van der Waals surface area (Å²) in [5.74, 6) is 0.